The number of nitrogens with zero attached hydrogens (tertiary/aromatic N) is 2. The van der Waals surface area contributed by atoms with Crippen molar-refractivity contribution in [1.82, 2.24) is 10.2 Å². The van der Waals surface area contributed by atoms with Crippen molar-refractivity contribution >= 4 is 11.8 Å². The van der Waals surface area contributed by atoms with Gasteiger partial charge in [0, 0.05) is 4.90 Å². The number of aryl methyl sites for hydroxylation is 2. The van der Waals surface area contributed by atoms with Crippen LogP contribution >= 0.6 is 11.8 Å². The van der Waals surface area contributed by atoms with E-state index in [1.165, 1.54) is 10.5 Å². The maximum Gasteiger partial charge on any atom is 0.124 e. The van der Waals surface area contributed by atoms with Crippen molar-refractivity contribution in [2.75, 3.05) is 0 Å². The molecule has 0 spiro atoms. The lowest BCUT2D eigenvalue weighted by molar-refractivity contribution is 0.895. The van der Waals surface area contributed by atoms with Crippen molar-refractivity contribution in [3.05, 3.63) is 47.7 Å². The molecule has 0 bridgehead atoms. The molecule has 2 aromatic rings. The number of rotatable bonds is 2. The van der Waals surface area contributed by atoms with Crippen LogP contribution in [-0.4, -0.2) is 10.2 Å². The van der Waals surface area contributed by atoms with Crippen LogP contribution in [-0.2, 0) is 0 Å². The largest absolute Gasteiger partial charge is 0.155 e. The predicted molar refractivity (Wildman–Crippen MR) is 62.1 cm³/mol. The first-order chi connectivity index (χ1) is 7.25. The average molecular weight is 216 g/mol. The highest BCUT2D eigenvalue weighted by Crippen LogP contribution is 2.27. The maximum atomic E-state index is 4.13. The number of benzene rings is 1. The number of hydrogen-bond donors (Lipinski definition) is 0. The van der Waals surface area contributed by atoms with E-state index in [0.717, 1.165) is 10.7 Å². The molecular weight excluding hydrogens is 204 g/mol. The van der Waals surface area contributed by atoms with Crippen LogP contribution in [0.25, 0.3) is 0 Å². The molecule has 15 heavy (non-hydrogen) atoms. The third-order valence-electron chi connectivity index (χ3n) is 2.08. The lowest BCUT2D eigenvalue weighted by Crippen LogP contribution is -1.88. The lowest BCUT2D eigenvalue weighted by Gasteiger charge is -2.03. The second-order valence-corrected chi connectivity index (χ2v) is 4.44. The van der Waals surface area contributed by atoms with Crippen LogP contribution in [0.15, 0.2) is 46.3 Å². The van der Waals surface area contributed by atoms with E-state index < -0.39 is 0 Å². The maximum absolute atomic E-state index is 4.13. The van der Waals surface area contributed by atoms with Gasteiger partial charge in [0.25, 0.3) is 0 Å². The predicted octanol–water partition coefficient (Wildman–Crippen LogP) is 3.24. The molecule has 0 radical (unpaired) electrons. The first-order valence-corrected chi connectivity index (χ1v) is 5.61. The smallest absolute Gasteiger partial charge is 0.124 e. The molecule has 1 aromatic carbocycles. The van der Waals surface area contributed by atoms with E-state index in [-0.39, 0.29) is 0 Å². The van der Waals surface area contributed by atoms with Gasteiger partial charge in [-0.1, -0.05) is 30.0 Å². The summed E-state index contributed by atoms with van der Waals surface area (Å²) >= 11 is 1.65. The highest BCUT2D eigenvalue weighted by atomic mass is 32.2. The van der Waals surface area contributed by atoms with Crippen molar-refractivity contribution in [2.45, 2.75) is 23.8 Å². The molecule has 2 rings (SSSR count). The van der Waals surface area contributed by atoms with Gasteiger partial charge in [0.05, 0.1) is 5.69 Å². The summed E-state index contributed by atoms with van der Waals surface area (Å²) in [6.45, 7) is 4.04. The van der Waals surface area contributed by atoms with Gasteiger partial charge >= 0.3 is 0 Å². The standard InChI is InChI=1S/C12H12N2S/c1-9-5-3-4-6-11(9)15-12-8-7-10(2)13-14-12/h3-8H,1-2H3. The molecule has 2 nitrogen and oxygen atoms in total. The Morgan fingerprint density at radius 1 is 0.933 bits per heavy atom. The van der Waals surface area contributed by atoms with Gasteiger partial charge in [-0.15, -0.1) is 5.10 Å². The zero-order chi connectivity index (χ0) is 10.7. The van der Waals surface area contributed by atoms with Crippen LogP contribution in [0.1, 0.15) is 11.3 Å². The molecule has 1 heterocycles. The first kappa shape index (κ1) is 10.2. The SMILES string of the molecule is Cc1ccc(Sc2ccccc2C)nn1. The molecule has 0 atom stereocenters. The zero-order valence-corrected chi connectivity index (χ0v) is 9.58. The minimum atomic E-state index is 0.940. The van der Waals surface area contributed by atoms with Crippen molar-refractivity contribution in [3.8, 4) is 0 Å². The fraction of sp³-hybridized carbons (Fsp3) is 0.167. The van der Waals surface area contributed by atoms with Gasteiger partial charge in [-0.05, 0) is 37.6 Å². The van der Waals surface area contributed by atoms with E-state index in [1.54, 1.807) is 11.8 Å². The molecule has 0 unspecified atom stereocenters. The Morgan fingerprint density at radius 2 is 1.73 bits per heavy atom. The van der Waals surface area contributed by atoms with Crippen molar-refractivity contribution in [2.24, 2.45) is 0 Å². The van der Waals surface area contributed by atoms with Crippen LogP contribution in [0.3, 0.4) is 0 Å². The molecule has 3 heteroatoms. The molecular formula is C12H12N2S. The van der Waals surface area contributed by atoms with Crippen molar-refractivity contribution < 1.29 is 0 Å². The summed E-state index contributed by atoms with van der Waals surface area (Å²) in [4.78, 5) is 1.23. The van der Waals surface area contributed by atoms with Gasteiger partial charge in [0.2, 0.25) is 0 Å². The Hall–Kier alpha value is -1.35. The van der Waals surface area contributed by atoms with Crippen LogP contribution < -0.4 is 0 Å². The third-order valence-corrected chi connectivity index (χ3v) is 3.19. The minimum absolute atomic E-state index is 0.940. The minimum Gasteiger partial charge on any atom is -0.155 e. The van der Waals surface area contributed by atoms with Gasteiger partial charge in [0.1, 0.15) is 5.03 Å². The Balaban J connectivity index is 2.22. The molecule has 0 aliphatic heterocycles. The fourth-order valence-electron chi connectivity index (χ4n) is 1.22. The monoisotopic (exact) mass is 216 g/mol. The Labute approximate surface area is 93.7 Å². The molecule has 0 aliphatic rings. The summed E-state index contributed by atoms with van der Waals surface area (Å²) in [5, 5.41) is 9.10. The fourth-order valence-corrected chi connectivity index (χ4v) is 2.04. The zero-order valence-electron chi connectivity index (χ0n) is 8.77. The van der Waals surface area contributed by atoms with E-state index in [2.05, 4.69) is 29.3 Å². The summed E-state index contributed by atoms with van der Waals surface area (Å²) < 4.78 is 0. The highest BCUT2D eigenvalue weighted by molar-refractivity contribution is 7.99. The molecule has 0 N–H and O–H groups in total. The molecule has 1 aromatic heterocycles. The van der Waals surface area contributed by atoms with Gasteiger partial charge in [-0.3, -0.25) is 0 Å². The lowest BCUT2D eigenvalue weighted by atomic mass is 10.2. The van der Waals surface area contributed by atoms with E-state index in [1.807, 2.05) is 31.2 Å². The van der Waals surface area contributed by atoms with Crippen LogP contribution in [0.5, 0.6) is 0 Å². The molecule has 0 saturated heterocycles. The van der Waals surface area contributed by atoms with Crippen LogP contribution in [0.2, 0.25) is 0 Å². The summed E-state index contributed by atoms with van der Waals surface area (Å²) in [6.07, 6.45) is 0. The molecule has 0 amide bonds. The topological polar surface area (TPSA) is 25.8 Å². The summed E-state index contributed by atoms with van der Waals surface area (Å²) in [5.74, 6) is 0. The van der Waals surface area contributed by atoms with E-state index in [9.17, 15) is 0 Å². The molecule has 0 saturated carbocycles. The van der Waals surface area contributed by atoms with Crippen LogP contribution in [0, 0.1) is 13.8 Å². The average Bonchev–Trinajstić information content (AvgIpc) is 2.25. The third kappa shape index (κ3) is 2.57. The van der Waals surface area contributed by atoms with E-state index in [4.69, 9.17) is 0 Å². The van der Waals surface area contributed by atoms with Gasteiger partial charge in [-0.25, -0.2) is 0 Å². The highest BCUT2D eigenvalue weighted by Gasteiger charge is 2.01. The molecule has 76 valence electrons. The number of aromatic nitrogens is 2. The summed E-state index contributed by atoms with van der Waals surface area (Å²) in [7, 11) is 0. The van der Waals surface area contributed by atoms with Gasteiger partial charge in [-0.2, -0.15) is 5.10 Å². The Bertz CT molecular complexity index is 451. The van der Waals surface area contributed by atoms with Crippen molar-refractivity contribution in [3.63, 3.8) is 0 Å². The van der Waals surface area contributed by atoms with E-state index in [0.29, 0.717) is 0 Å². The normalized spacial score (nSPS) is 10.3. The van der Waals surface area contributed by atoms with Crippen molar-refractivity contribution in [1.29, 1.82) is 0 Å². The Kier molecular flexibility index (Phi) is 3.02. The van der Waals surface area contributed by atoms with Gasteiger partial charge in [0.15, 0.2) is 0 Å². The summed E-state index contributed by atoms with van der Waals surface area (Å²) in [6, 6.07) is 12.3. The van der Waals surface area contributed by atoms with E-state index >= 15 is 0 Å². The molecule has 0 aliphatic carbocycles. The second kappa shape index (κ2) is 4.45. The molecule has 0 fully saturated rings. The second-order valence-electron chi connectivity index (χ2n) is 3.38. The number of hydrogen-bond acceptors (Lipinski definition) is 3. The Morgan fingerprint density at radius 3 is 2.40 bits per heavy atom. The van der Waals surface area contributed by atoms with Gasteiger partial charge < -0.3 is 0 Å². The van der Waals surface area contributed by atoms with Crippen LogP contribution in [0.4, 0.5) is 0 Å². The quantitative estimate of drug-likeness (QED) is 0.770. The first-order valence-electron chi connectivity index (χ1n) is 4.79. The summed E-state index contributed by atoms with van der Waals surface area (Å²) in [5.41, 5.74) is 2.22.